The lowest BCUT2D eigenvalue weighted by atomic mass is 10.2. The van der Waals surface area contributed by atoms with E-state index in [-0.39, 0.29) is 5.76 Å². The minimum absolute atomic E-state index is 0.211. The van der Waals surface area contributed by atoms with E-state index in [9.17, 15) is 9.59 Å². The Hall–Kier alpha value is -1.65. The Morgan fingerprint density at radius 2 is 2.27 bits per heavy atom. The van der Waals surface area contributed by atoms with Crippen molar-refractivity contribution in [2.75, 3.05) is 0 Å². The molecule has 1 heterocycles. The Morgan fingerprint density at radius 1 is 1.64 bits per heavy atom. The van der Waals surface area contributed by atoms with Gasteiger partial charge in [-0.25, -0.2) is 4.79 Å². The summed E-state index contributed by atoms with van der Waals surface area (Å²) < 4.78 is 4.41. The molecule has 0 saturated carbocycles. The molecule has 11 heavy (non-hydrogen) atoms. The third kappa shape index (κ3) is 1.26. The zero-order valence-corrected chi connectivity index (χ0v) is 5.70. The lowest BCUT2D eigenvalue weighted by Crippen LogP contribution is -2.12. The van der Waals surface area contributed by atoms with Gasteiger partial charge in [-0.15, -0.1) is 0 Å². The molecule has 1 rings (SSSR count). The molecular weight excluding hydrogens is 150 g/mol. The summed E-state index contributed by atoms with van der Waals surface area (Å²) in [5.41, 5.74) is 0.428. The molecule has 1 aromatic heterocycles. The van der Waals surface area contributed by atoms with Crippen molar-refractivity contribution in [1.82, 2.24) is 5.16 Å². The predicted octanol–water partition coefficient (Wildman–Crippen LogP) is 0.250. The van der Waals surface area contributed by atoms with Crippen LogP contribution >= 0.6 is 0 Å². The molecule has 0 amide bonds. The maximum absolute atomic E-state index is 10.7. The van der Waals surface area contributed by atoms with Crippen LogP contribution in [0.2, 0.25) is 0 Å². The van der Waals surface area contributed by atoms with Gasteiger partial charge in [-0.2, -0.15) is 0 Å². The van der Waals surface area contributed by atoms with Crippen LogP contribution in [0.5, 0.6) is 0 Å². The van der Waals surface area contributed by atoms with Gasteiger partial charge in [-0.3, -0.25) is 4.79 Å². The zero-order chi connectivity index (χ0) is 8.43. The van der Waals surface area contributed by atoms with Gasteiger partial charge in [0.15, 0.2) is 0 Å². The fraction of sp³-hybridized carbons (Fsp3) is 0.167. The lowest BCUT2D eigenvalue weighted by molar-refractivity contribution is -0.132. The largest absolute Gasteiger partial charge is 0.475 e. The van der Waals surface area contributed by atoms with Crippen LogP contribution in [0.3, 0.4) is 0 Å². The van der Waals surface area contributed by atoms with Crippen LogP contribution < -0.4 is 0 Å². The van der Waals surface area contributed by atoms with Crippen LogP contribution in [0, 0.1) is 6.92 Å². The minimum Gasteiger partial charge on any atom is -0.475 e. The molecule has 5 nitrogen and oxygen atoms in total. The Bertz CT molecular complexity index is 301. The number of aromatic nitrogens is 1. The monoisotopic (exact) mass is 155 g/mol. The smallest absolute Gasteiger partial charge is 0.380 e. The second kappa shape index (κ2) is 2.53. The van der Waals surface area contributed by atoms with Gasteiger partial charge in [0, 0.05) is 5.56 Å². The Kier molecular flexibility index (Phi) is 1.72. The minimum atomic E-state index is -1.54. The van der Waals surface area contributed by atoms with Gasteiger partial charge in [0.1, 0.15) is 0 Å². The number of ketones is 1. The summed E-state index contributed by atoms with van der Waals surface area (Å²) in [7, 11) is 0. The highest BCUT2D eigenvalue weighted by Crippen LogP contribution is 2.06. The zero-order valence-electron chi connectivity index (χ0n) is 5.70. The van der Waals surface area contributed by atoms with Crippen molar-refractivity contribution in [3.63, 3.8) is 0 Å². The van der Waals surface area contributed by atoms with E-state index in [2.05, 4.69) is 9.68 Å². The van der Waals surface area contributed by atoms with E-state index in [1.165, 1.54) is 6.20 Å². The molecule has 0 aliphatic heterocycles. The molecule has 1 N–H and O–H groups in total. The summed E-state index contributed by atoms with van der Waals surface area (Å²) >= 11 is 0. The fourth-order valence-electron chi connectivity index (χ4n) is 0.606. The number of carboxylic acid groups (broad SMARTS) is 1. The third-order valence-corrected chi connectivity index (χ3v) is 1.15. The molecule has 0 unspecified atom stereocenters. The van der Waals surface area contributed by atoms with Crippen LogP contribution in [0.4, 0.5) is 0 Å². The molecule has 0 bridgehead atoms. The van der Waals surface area contributed by atoms with Gasteiger partial charge in [0.25, 0.3) is 0 Å². The number of nitrogens with zero attached hydrogens (tertiary/aromatic N) is 1. The number of aryl methyl sites for hydroxylation is 1. The number of rotatable bonds is 2. The van der Waals surface area contributed by atoms with Crippen LogP contribution in [-0.4, -0.2) is 22.0 Å². The normalized spacial score (nSPS) is 9.55. The average molecular weight is 155 g/mol. The van der Waals surface area contributed by atoms with Crippen molar-refractivity contribution < 1.29 is 19.2 Å². The van der Waals surface area contributed by atoms with Crippen molar-refractivity contribution in [3.05, 3.63) is 17.5 Å². The van der Waals surface area contributed by atoms with Gasteiger partial charge in [-0.1, -0.05) is 5.16 Å². The number of hydrogen-bond donors (Lipinski definition) is 1. The molecule has 0 atom stereocenters. The number of carbonyl (C=O) groups excluding carboxylic acids is 1. The van der Waals surface area contributed by atoms with E-state index in [0.29, 0.717) is 5.56 Å². The van der Waals surface area contributed by atoms with Crippen LogP contribution in [0.1, 0.15) is 16.1 Å². The summed E-state index contributed by atoms with van der Waals surface area (Å²) in [5.74, 6) is -2.82. The van der Waals surface area contributed by atoms with Crippen molar-refractivity contribution in [2.45, 2.75) is 6.92 Å². The van der Waals surface area contributed by atoms with E-state index in [0.717, 1.165) is 0 Å². The molecular formula is C6H5NO4. The lowest BCUT2D eigenvalue weighted by Gasteiger charge is -1.87. The molecule has 0 fully saturated rings. The molecule has 1 aromatic rings. The van der Waals surface area contributed by atoms with E-state index >= 15 is 0 Å². The van der Waals surface area contributed by atoms with Crippen molar-refractivity contribution >= 4 is 11.8 Å². The molecule has 0 aliphatic carbocycles. The van der Waals surface area contributed by atoms with Crippen LogP contribution in [-0.2, 0) is 4.79 Å². The second-order valence-corrected chi connectivity index (χ2v) is 1.97. The molecule has 0 aliphatic rings. The number of hydrogen-bond acceptors (Lipinski definition) is 4. The quantitative estimate of drug-likeness (QED) is 0.489. The molecule has 0 saturated heterocycles. The van der Waals surface area contributed by atoms with Crippen molar-refractivity contribution in [3.8, 4) is 0 Å². The highest BCUT2D eigenvalue weighted by molar-refractivity contribution is 6.39. The number of Topliss-reactive ketones (excluding diaryl/α,β-unsaturated/α-hetero) is 1. The third-order valence-electron chi connectivity index (χ3n) is 1.15. The molecule has 0 radical (unpaired) electrons. The average Bonchev–Trinajstić information content (AvgIpc) is 2.33. The van der Waals surface area contributed by atoms with Crippen molar-refractivity contribution in [2.24, 2.45) is 0 Å². The fourth-order valence-corrected chi connectivity index (χ4v) is 0.606. The highest BCUT2D eigenvalue weighted by atomic mass is 16.5. The van der Waals surface area contributed by atoms with E-state index in [1.54, 1.807) is 6.92 Å². The first-order valence-electron chi connectivity index (χ1n) is 2.82. The van der Waals surface area contributed by atoms with Gasteiger partial charge in [-0.05, 0) is 6.92 Å². The summed E-state index contributed by atoms with van der Waals surface area (Å²) in [6.07, 6.45) is 1.29. The van der Waals surface area contributed by atoms with Gasteiger partial charge >= 0.3 is 11.8 Å². The summed E-state index contributed by atoms with van der Waals surface area (Å²) in [6.45, 7) is 1.55. The number of aliphatic carboxylic acids is 1. The topological polar surface area (TPSA) is 80.4 Å². The van der Waals surface area contributed by atoms with Crippen LogP contribution in [0.25, 0.3) is 0 Å². The summed E-state index contributed by atoms with van der Waals surface area (Å²) in [4.78, 5) is 20.8. The SMILES string of the molecule is Cc1cnoc1C(=O)C(=O)O. The Labute approximate surface area is 61.6 Å². The van der Waals surface area contributed by atoms with E-state index in [4.69, 9.17) is 5.11 Å². The first-order chi connectivity index (χ1) is 5.13. The van der Waals surface area contributed by atoms with Crippen LogP contribution in [0.15, 0.2) is 10.7 Å². The highest BCUT2D eigenvalue weighted by Gasteiger charge is 2.20. The van der Waals surface area contributed by atoms with Gasteiger partial charge < -0.3 is 9.63 Å². The molecule has 0 aromatic carbocycles. The van der Waals surface area contributed by atoms with Crippen molar-refractivity contribution in [1.29, 1.82) is 0 Å². The summed E-state index contributed by atoms with van der Waals surface area (Å²) in [6, 6.07) is 0. The number of carboxylic acids is 1. The first kappa shape index (κ1) is 7.46. The molecule has 0 spiro atoms. The first-order valence-corrected chi connectivity index (χ1v) is 2.82. The maximum atomic E-state index is 10.7. The van der Waals surface area contributed by atoms with E-state index in [1.807, 2.05) is 0 Å². The maximum Gasteiger partial charge on any atom is 0.380 e. The predicted molar refractivity (Wildman–Crippen MR) is 33.2 cm³/mol. The van der Waals surface area contributed by atoms with Gasteiger partial charge in [0.05, 0.1) is 6.20 Å². The Morgan fingerprint density at radius 3 is 2.64 bits per heavy atom. The molecule has 5 heteroatoms. The Balaban J connectivity index is 3.02. The molecule has 58 valence electrons. The standard InChI is InChI=1S/C6H5NO4/c1-3-2-7-11-5(3)4(8)6(9)10/h2H,1H3,(H,9,10). The second-order valence-electron chi connectivity index (χ2n) is 1.97. The summed E-state index contributed by atoms with van der Waals surface area (Å²) in [5, 5.41) is 11.5. The van der Waals surface area contributed by atoms with Gasteiger partial charge in [0.2, 0.25) is 5.76 Å². The van der Waals surface area contributed by atoms with E-state index < -0.39 is 11.8 Å². The number of carbonyl (C=O) groups is 2.